The second kappa shape index (κ2) is 8.52. The molecule has 0 aromatic heterocycles. The Morgan fingerprint density at radius 1 is 1.33 bits per heavy atom. The zero-order valence-corrected chi connectivity index (χ0v) is 15.8. The van der Waals surface area contributed by atoms with Gasteiger partial charge in [-0.3, -0.25) is 4.79 Å². The molecule has 0 radical (unpaired) electrons. The molecular formula is C20H32N2O2. The molecule has 1 aliphatic heterocycles. The molecule has 24 heavy (non-hydrogen) atoms. The van der Waals surface area contributed by atoms with E-state index in [1.165, 1.54) is 11.1 Å². The molecule has 1 aliphatic rings. The zero-order chi connectivity index (χ0) is 17.7. The Morgan fingerprint density at radius 3 is 2.79 bits per heavy atom. The summed E-state index contributed by atoms with van der Waals surface area (Å²) in [5.41, 5.74) is 2.41. The molecule has 0 N–H and O–H groups in total. The minimum Gasteiger partial charge on any atom is -0.492 e. The van der Waals surface area contributed by atoms with E-state index in [-0.39, 0.29) is 0 Å². The highest BCUT2D eigenvalue weighted by molar-refractivity contribution is 5.77. The third kappa shape index (κ3) is 5.23. The minimum atomic E-state index is 0.304. The van der Waals surface area contributed by atoms with Crippen molar-refractivity contribution >= 4 is 5.91 Å². The molecule has 1 unspecified atom stereocenters. The molecule has 1 aromatic rings. The van der Waals surface area contributed by atoms with Gasteiger partial charge < -0.3 is 14.5 Å². The maximum atomic E-state index is 11.9. The van der Waals surface area contributed by atoms with Crippen LogP contribution in [-0.2, 0) is 4.79 Å². The summed E-state index contributed by atoms with van der Waals surface area (Å²) in [4.78, 5) is 16.3. The van der Waals surface area contributed by atoms with Gasteiger partial charge >= 0.3 is 0 Å². The number of amides is 1. The largest absolute Gasteiger partial charge is 0.492 e. The fourth-order valence-corrected chi connectivity index (χ4v) is 3.30. The van der Waals surface area contributed by atoms with Gasteiger partial charge in [-0.1, -0.05) is 12.1 Å². The average molecular weight is 332 g/mol. The molecule has 1 atom stereocenters. The number of hydrogen-bond donors (Lipinski definition) is 0. The molecule has 0 saturated carbocycles. The lowest BCUT2D eigenvalue weighted by Crippen LogP contribution is -2.46. The van der Waals surface area contributed by atoms with Crippen LogP contribution in [0.5, 0.6) is 5.75 Å². The minimum absolute atomic E-state index is 0.304. The zero-order valence-electron chi connectivity index (χ0n) is 15.8. The molecule has 4 heteroatoms. The first-order valence-electron chi connectivity index (χ1n) is 9.05. The molecule has 1 aromatic carbocycles. The van der Waals surface area contributed by atoms with E-state index in [1.807, 2.05) is 4.90 Å². The first-order chi connectivity index (χ1) is 11.4. The Kier molecular flexibility index (Phi) is 6.67. The number of nitrogens with zero attached hydrogens (tertiary/aromatic N) is 2. The van der Waals surface area contributed by atoms with Crippen molar-refractivity contribution in [1.29, 1.82) is 0 Å². The highest BCUT2D eigenvalue weighted by Gasteiger charge is 2.27. The van der Waals surface area contributed by atoms with Crippen molar-refractivity contribution in [3.63, 3.8) is 0 Å². The summed E-state index contributed by atoms with van der Waals surface area (Å²) in [5.74, 6) is 1.86. The number of benzene rings is 1. The fraction of sp³-hybridized carbons (Fsp3) is 0.650. The quantitative estimate of drug-likeness (QED) is 0.768. The second-order valence-electron chi connectivity index (χ2n) is 7.42. The summed E-state index contributed by atoms with van der Waals surface area (Å²) in [5, 5.41) is 0. The summed E-state index contributed by atoms with van der Waals surface area (Å²) >= 11 is 0. The molecule has 0 bridgehead atoms. The van der Waals surface area contributed by atoms with Crippen LogP contribution in [0.4, 0.5) is 0 Å². The van der Waals surface area contributed by atoms with Crippen LogP contribution in [0.25, 0.3) is 0 Å². The maximum absolute atomic E-state index is 11.9. The molecule has 134 valence electrons. The predicted octanol–water partition coefficient (Wildman–Crippen LogP) is 3.26. The Bertz CT molecular complexity index is 557. The lowest BCUT2D eigenvalue weighted by molar-refractivity contribution is -0.136. The topological polar surface area (TPSA) is 32.8 Å². The van der Waals surface area contributed by atoms with Gasteiger partial charge in [0.2, 0.25) is 5.91 Å². The number of piperidine rings is 1. The van der Waals surface area contributed by atoms with E-state index in [2.05, 4.69) is 57.8 Å². The molecule has 2 rings (SSSR count). The van der Waals surface area contributed by atoms with Crippen LogP contribution in [-0.4, -0.2) is 55.0 Å². The Labute approximate surface area is 146 Å². The van der Waals surface area contributed by atoms with Gasteiger partial charge in [0.25, 0.3) is 0 Å². The van der Waals surface area contributed by atoms with Crippen LogP contribution in [0.15, 0.2) is 18.2 Å². The summed E-state index contributed by atoms with van der Waals surface area (Å²) < 4.78 is 5.95. The smallest absolute Gasteiger partial charge is 0.222 e. The maximum Gasteiger partial charge on any atom is 0.222 e. The number of carbonyl (C=O) groups is 1. The van der Waals surface area contributed by atoms with Gasteiger partial charge in [0.1, 0.15) is 12.4 Å². The third-order valence-corrected chi connectivity index (χ3v) is 4.81. The van der Waals surface area contributed by atoms with Crippen LogP contribution in [0.2, 0.25) is 0 Å². The van der Waals surface area contributed by atoms with Gasteiger partial charge in [0, 0.05) is 32.1 Å². The van der Waals surface area contributed by atoms with E-state index >= 15 is 0 Å². The van der Waals surface area contributed by atoms with Crippen molar-refractivity contribution in [1.82, 2.24) is 9.80 Å². The lowest BCUT2D eigenvalue weighted by Gasteiger charge is -2.37. The number of likely N-dealkylation sites (N-methyl/N-ethyl adjacent to an activating group) is 1. The van der Waals surface area contributed by atoms with Crippen LogP contribution in [0, 0.1) is 19.8 Å². The Morgan fingerprint density at radius 2 is 2.08 bits per heavy atom. The number of hydrogen-bond acceptors (Lipinski definition) is 3. The van der Waals surface area contributed by atoms with E-state index in [0.717, 1.165) is 31.8 Å². The number of ether oxygens (including phenoxy) is 1. The number of likely N-dealkylation sites (tertiary alicyclic amines) is 1. The first-order valence-corrected chi connectivity index (χ1v) is 9.05. The van der Waals surface area contributed by atoms with Crippen molar-refractivity contribution < 1.29 is 9.53 Å². The van der Waals surface area contributed by atoms with E-state index in [9.17, 15) is 4.79 Å². The van der Waals surface area contributed by atoms with Gasteiger partial charge in [-0.2, -0.15) is 0 Å². The van der Waals surface area contributed by atoms with Crippen molar-refractivity contribution in [3.8, 4) is 5.75 Å². The molecule has 0 spiro atoms. The predicted molar refractivity (Wildman–Crippen MR) is 98.5 cm³/mol. The van der Waals surface area contributed by atoms with Gasteiger partial charge in [-0.25, -0.2) is 0 Å². The van der Waals surface area contributed by atoms with E-state index in [0.29, 0.717) is 30.9 Å². The summed E-state index contributed by atoms with van der Waals surface area (Å²) in [7, 11) is 2.14. The van der Waals surface area contributed by atoms with Crippen molar-refractivity contribution in [2.75, 3.05) is 33.3 Å². The Hall–Kier alpha value is -1.55. The van der Waals surface area contributed by atoms with E-state index in [1.54, 1.807) is 0 Å². The number of rotatable bonds is 7. The molecule has 1 amide bonds. The third-order valence-electron chi connectivity index (χ3n) is 4.81. The fourth-order valence-electron chi connectivity index (χ4n) is 3.30. The molecule has 1 fully saturated rings. The second-order valence-corrected chi connectivity index (χ2v) is 7.42. The monoisotopic (exact) mass is 332 g/mol. The summed E-state index contributed by atoms with van der Waals surface area (Å²) in [6.07, 6.45) is 1.69. The Balaban J connectivity index is 1.76. The van der Waals surface area contributed by atoms with Gasteiger partial charge in [-0.05, 0) is 64.3 Å². The highest BCUT2D eigenvalue weighted by atomic mass is 16.5. The summed E-state index contributed by atoms with van der Waals surface area (Å²) in [6.45, 7) is 11.9. The van der Waals surface area contributed by atoms with Gasteiger partial charge in [0.15, 0.2) is 0 Å². The average Bonchev–Trinajstić information content (AvgIpc) is 2.52. The van der Waals surface area contributed by atoms with Gasteiger partial charge in [-0.15, -0.1) is 0 Å². The van der Waals surface area contributed by atoms with Crippen molar-refractivity contribution in [2.45, 2.75) is 46.6 Å². The summed E-state index contributed by atoms with van der Waals surface area (Å²) in [6, 6.07) is 6.62. The van der Waals surface area contributed by atoms with Crippen LogP contribution < -0.4 is 4.74 Å². The first kappa shape index (κ1) is 18.8. The van der Waals surface area contributed by atoms with Gasteiger partial charge in [0.05, 0.1) is 0 Å². The normalized spacial score (nSPS) is 18.5. The number of carbonyl (C=O) groups excluding carboxylic acids is 1. The molecule has 0 aliphatic carbocycles. The molecule has 1 saturated heterocycles. The van der Waals surface area contributed by atoms with Crippen LogP contribution in [0.1, 0.15) is 37.8 Å². The molecule has 4 nitrogen and oxygen atoms in total. The number of aryl methyl sites for hydroxylation is 2. The van der Waals surface area contributed by atoms with E-state index in [4.69, 9.17) is 4.74 Å². The van der Waals surface area contributed by atoms with Crippen LogP contribution in [0.3, 0.4) is 0 Å². The highest BCUT2D eigenvalue weighted by Crippen LogP contribution is 2.21. The standard InChI is InChI=1S/C20H32N2O2/c1-15(2)22-14-18(8-9-20(22)23)13-21(5)10-11-24-19-12-16(3)6-7-17(19)4/h6-7,12,15,18H,8-11,13-14H2,1-5H3. The molecule has 1 heterocycles. The van der Waals surface area contributed by atoms with E-state index < -0.39 is 0 Å². The van der Waals surface area contributed by atoms with Crippen molar-refractivity contribution in [3.05, 3.63) is 29.3 Å². The SMILES string of the molecule is Cc1ccc(C)c(OCCN(C)CC2CCC(=O)N(C(C)C)C2)c1. The molecular weight excluding hydrogens is 300 g/mol. The van der Waals surface area contributed by atoms with Crippen LogP contribution >= 0.6 is 0 Å². The lowest BCUT2D eigenvalue weighted by atomic mass is 9.96. The van der Waals surface area contributed by atoms with Crippen molar-refractivity contribution in [2.24, 2.45) is 5.92 Å².